The van der Waals surface area contributed by atoms with Gasteiger partial charge in [0.2, 0.25) is 0 Å². The molecule has 0 unspecified atom stereocenters. The van der Waals surface area contributed by atoms with Gasteiger partial charge in [-0.2, -0.15) is 0 Å². The standard InChI is InChI=1S/C25H23F2N5O2S/c1-11-2-7-17(35-11)21-19(27)24(30-20-13-5-3-12(4-6-13)18(20)25(33)34)32-23(31-21)16-10-29-22-15(16)8-14(26)9-28-22/h2,7-10,12-13,18,20H,3-6H2,1H3,(H,28,29)(H,33,34)(H,30,31,32)/t12?,13?,18-,20-/m0/s1. The number of nitrogens with one attached hydrogen (secondary N) is 2. The fourth-order valence-electron chi connectivity index (χ4n) is 5.72. The second-order valence-corrected chi connectivity index (χ2v) is 10.7. The van der Waals surface area contributed by atoms with E-state index in [1.807, 2.05) is 13.0 Å². The molecule has 35 heavy (non-hydrogen) atoms. The SMILES string of the molecule is Cc1ccc(-c2nc(-c3c[nH]c4ncc(F)cc34)nc(N[C@H]3C4CCC(CC4)[C@@H]3C(=O)O)c2F)s1. The van der Waals surface area contributed by atoms with Gasteiger partial charge in [0.1, 0.15) is 17.2 Å². The number of carbonyl (C=O) groups is 1. The lowest BCUT2D eigenvalue weighted by atomic mass is 9.61. The first-order chi connectivity index (χ1) is 16.9. The van der Waals surface area contributed by atoms with Crippen LogP contribution in [0.1, 0.15) is 30.6 Å². The van der Waals surface area contributed by atoms with Gasteiger partial charge in [0.25, 0.3) is 0 Å². The number of H-pyrrole nitrogens is 1. The molecule has 7 rings (SSSR count). The van der Waals surface area contributed by atoms with Gasteiger partial charge in [-0.1, -0.05) is 0 Å². The lowest BCUT2D eigenvalue weighted by Crippen LogP contribution is -2.51. The van der Waals surface area contributed by atoms with Crippen molar-refractivity contribution in [2.75, 3.05) is 5.32 Å². The van der Waals surface area contributed by atoms with E-state index in [-0.39, 0.29) is 29.2 Å². The van der Waals surface area contributed by atoms with Crippen molar-refractivity contribution in [2.24, 2.45) is 17.8 Å². The van der Waals surface area contributed by atoms with Crippen LogP contribution in [0.15, 0.2) is 30.6 Å². The zero-order valence-corrected chi connectivity index (χ0v) is 19.7. The average Bonchev–Trinajstić information content (AvgIpc) is 3.46. The monoisotopic (exact) mass is 495 g/mol. The first-order valence-electron chi connectivity index (χ1n) is 11.7. The highest BCUT2D eigenvalue weighted by Crippen LogP contribution is 2.47. The molecule has 3 fully saturated rings. The molecular weight excluding hydrogens is 472 g/mol. The Hall–Kier alpha value is -3.40. The highest BCUT2D eigenvalue weighted by atomic mass is 32.1. The van der Waals surface area contributed by atoms with Crippen LogP contribution in [0.25, 0.3) is 33.0 Å². The van der Waals surface area contributed by atoms with Crippen LogP contribution in [0.4, 0.5) is 14.6 Å². The van der Waals surface area contributed by atoms with Gasteiger partial charge in [0.05, 0.1) is 17.0 Å². The topological polar surface area (TPSA) is 104 Å². The Morgan fingerprint density at radius 1 is 1.17 bits per heavy atom. The Bertz CT molecular complexity index is 1440. The molecule has 3 aliphatic carbocycles. The van der Waals surface area contributed by atoms with E-state index >= 15 is 4.39 Å². The summed E-state index contributed by atoms with van der Waals surface area (Å²) in [6.07, 6.45) is 6.33. The number of pyridine rings is 1. The summed E-state index contributed by atoms with van der Waals surface area (Å²) in [5.41, 5.74) is 1.08. The molecule has 3 N–H and O–H groups in total. The van der Waals surface area contributed by atoms with Crippen molar-refractivity contribution in [2.45, 2.75) is 38.6 Å². The minimum Gasteiger partial charge on any atom is -0.481 e. The van der Waals surface area contributed by atoms with Crippen LogP contribution < -0.4 is 5.32 Å². The van der Waals surface area contributed by atoms with Gasteiger partial charge in [-0.3, -0.25) is 4.79 Å². The summed E-state index contributed by atoms with van der Waals surface area (Å²) in [4.78, 5) is 29.9. The van der Waals surface area contributed by atoms with Crippen LogP contribution in [0.5, 0.6) is 0 Å². The predicted octanol–water partition coefficient (Wildman–Crippen LogP) is 5.64. The molecule has 0 aromatic carbocycles. The van der Waals surface area contributed by atoms with Crippen LogP contribution in [-0.4, -0.2) is 37.1 Å². The molecule has 3 aliphatic rings. The Morgan fingerprint density at radius 3 is 2.66 bits per heavy atom. The minimum atomic E-state index is -0.862. The van der Waals surface area contributed by atoms with Crippen molar-refractivity contribution in [1.29, 1.82) is 0 Å². The number of thiophene rings is 1. The third-order valence-electron chi connectivity index (χ3n) is 7.37. The third-order valence-corrected chi connectivity index (χ3v) is 8.38. The molecule has 7 nitrogen and oxygen atoms in total. The number of nitrogens with zero attached hydrogens (tertiary/aromatic N) is 3. The van der Waals surface area contributed by atoms with Gasteiger partial charge in [-0.15, -0.1) is 11.3 Å². The summed E-state index contributed by atoms with van der Waals surface area (Å²) >= 11 is 1.41. The molecular formula is C25H23F2N5O2S. The normalized spacial score (nSPS) is 23.6. The van der Waals surface area contributed by atoms with Gasteiger partial charge >= 0.3 is 5.97 Å². The number of aliphatic carboxylic acids is 1. The molecule has 2 bridgehead atoms. The van der Waals surface area contributed by atoms with Crippen molar-refractivity contribution in [3.8, 4) is 22.0 Å². The minimum absolute atomic E-state index is 0.0291. The molecule has 4 aromatic rings. The summed E-state index contributed by atoms with van der Waals surface area (Å²) < 4.78 is 29.9. The van der Waals surface area contributed by atoms with E-state index in [1.54, 1.807) is 12.3 Å². The molecule has 0 saturated heterocycles. The van der Waals surface area contributed by atoms with Gasteiger partial charge in [-0.05, 0) is 62.6 Å². The number of aryl methyl sites for hydroxylation is 1. The Balaban J connectivity index is 1.50. The number of anilines is 1. The smallest absolute Gasteiger partial charge is 0.308 e. The summed E-state index contributed by atoms with van der Waals surface area (Å²) in [5, 5.41) is 13.6. The molecule has 4 heterocycles. The predicted molar refractivity (Wildman–Crippen MR) is 129 cm³/mol. The summed E-state index contributed by atoms with van der Waals surface area (Å²) in [6.45, 7) is 1.93. The summed E-state index contributed by atoms with van der Waals surface area (Å²) in [6, 6.07) is 4.61. The zero-order chi connectivity index (χ0) is 24.3. The second-order valence-electron chi connectivity index (χ2n) is 9.43. The largest absolute Gasteiger partial charge is 0.481 e. The molecule has 4 aromatic heterocycles. The van der Waals surface area contributed by atoms with Crippen LogP contribution in [0.2, 0.25) is 0 Å². The van der Waals surface area contributed by atoms with Crippen molar-refractivity contribution in [1.82, 2.24) is 19.9 Å². The number of hydrogen-bond acceptors (Lipinski definition) is 6. The Kier molecular flexibility index (Phi) is 5.28. The lowest BCUT2D eigenvalue weighted by molar-refractivity contribution is -0.148. The van der Waals surface area contributed by atoms with E-state index in [2.05, 4.69) is 25.3 Å². The maximum Gasteiger partial charge on any atom is 0.308 e. The van der Waals surface area contributed by atoms with Crippen LogP contribution in [0.3, 0.4) is 0 Å². The zero-order valence-electron chi connectivity index (χ0n) is 18.9. The lowest BCUT2D eigenvalue weighted by Gasteiger charge is -2.47. The number of aromatic nitrogens is 4. The molecule has 0 radical (unpaired) electrons. The maximum atomic E-state index is 15.9. The number of hydrogen-bond donors (Lipinski definition) is 3. The van der Waals surface area contributed by atoms with E-state index in [9.17, 15) is 14.3 Å². The quantitative estimate of drug-likeness (QED) is 0.331. The van der Waals surface area contributed by atoms with Crippen molar-refractivity contribution >= 4 is 34.2 Å². The fraction of sp³-hybridized carbons (Fsp3) is 0.360. The van der Waals surface area contributed by atoms with E-state index < -0.39 is 29.6 Å². The van der Waals surface area contributed by atoms with Crippen molar-refractivity contribution in [3.63, 3.8) is 0 Å². The number of fused-ring (bicyclic) bond motifs is 4. The van der Waals surface area contributed by atoms with Gasteiger partial charge in [0, 0.05) is 28.1 Å². The first-order valence-corrected chi connectivity index (χ1v) is 12.5. The maximum absolute atomic E-state index is 15.9. The number of aromatic amines is 1. The van der Waals surface area contributed by atoms with Crippen molar-refractivity contribution in [3.05, 3.63) is 47.1 Å². The fourth-order valence-corrected chi connectivity index (χ4v) is 6.57. The van der Waals surface area contributed by atoms with E-state index in [0.717, 1.165) is 36.8 Å². The number of carboxylic acid groups (broad SMARTS) is 1. The summed E-state index contributed by atoms with van der Waals surface area (Å²) in [5.74, 6) is -2.20. The molecule has 10 heteroatoms. The van der Waals surface area contributed by atoms with Gasteiger partial charge in [0.15, 0.2) is 17.5 Å². The van der Waals surface area contributed by atoms with E-state index in [0.29, 0.717) is 21.5 Å². The average molecular weight is 496 g/mol. The first kappa shape index (κ1) is 22.1. The van der Waals surface area contributed by atoms with Crippen molar-refractivity contribution < 1.29 is 18.7 Å². The van der Waals surface area contributed by atoms with E-state index in [1.165, 1.54) is 17.4 Å². The number of carboxylic acids is 1. The molecule has 3 saturated carbocycles. The molecule has 0 spiro atoms. The van der Waals surface area contributed by atoms with E-state index in [4.69, 9.17) is 0 Å². The highest BCUT2D eigenvalue weighted by molar-refractivity contribution is 7.15. The molecule has 2 atom stereocenters. The highest BCUT2D eigenvalue weighted by Gasteiger charge is 2.47. The Morgan fingerprint density at radius 2 is 1.94 bits per heavy atom. The molecule has 0 amide bonds. The summed E-state index contributed by atoms with van der Waals surface area (Å²) in [7, 11) is 0. The van der Waals surface area contributed by atoms with Crippen LogP contribution in [0, 0.1) is 36.3 Å². The van der Waals surface area contributed by atoms with Gasteiger partial charge in [-0.25, -0.2) is 23.7 Å². The Labute approximate surface area is 203 Å². The molecule has 0 aliphatic heterocycles. The number of halogens is 2. The number of rotatable bonds is 5. The van der Waals surface area contributed by atoms with Crippen LogP contribution in [-0.2, 0) is 4.79 Å². The molecule has 180 valence electrons. The third kappa shape index (κ3) is 3.76. The van der Waals surface area contributed by atoms with Crippen LogP contribution >= 0.6 is 11.3 Å². The van der Waals surface area contributed by atoms with Gasteiger partial charge < -0.3 is 15.4 Å². The second kappa shape index (κ2) is 8.37.